The second-order valence-corrected chi connectivity index (χ2v) is 7.37. The number of halogens is 1. The molecule has 0 amide bonds. The summed E-state index contributed by atoms with van der Waals surface area (Å²) in [5.74, 6) is 1.34. The highest BCUT2D eigenvalue weighted by molar-refractivity contribution is 6.29. The zero-order valence-corrected chi connectivity index (χ0v) is 15.8. The van der Waals surface area contributed by atoms with Gasteiger partial charge in [0.25, 0.3) is 0 Å². The first kappa shape index (κ1) is 16.6. The van der Waals surface area contributed by atoms with Crippen molar-refractivity contribution in [3.8, 4) is 0 Å². The highest BCUT2D eigenvalue weighted by Crippen LogP contribution is 2.31. The standard InChI is InChI=1S/C20H20ClN5O/c1-26-17-10-13(12-6-8-27-9-7-12)2-3-14(17)23-20(26)24-16-11-22-15-4-5-18(21)25-19(15)16/h2-5,10-12,22H,6-9H2,1H3,(H,23,24). The molecule has 1 saturated heterocycles. The molecule has 6 nitrogen and oxygen atoms in total. The number of rotatable bonds is 3. The molecule has 0 saturated carbocycles. The third-order valence-corrected chi connectivity index (χ3v) is 5.54. The number of pyridine rings is 1. The van der Waals surface area contributed by atoms with Gasteiger partial charge in [0.15, 0.2) is 0 Å². The van der Waals surface area contributed by atoms with E-state index in [0.29, 0.717) is 11.1 Å². The number of imidazole rings is 1. The minimum atomic E-state index is 0.469. The van der Waals surface area contributed by atoms with E-state index in [1.54, 1.807) is 6.07 Å². The van der Waals surface area contributed by atoms with E-state index in [2.05, 4.69) is 38.1 Å². The van der Waals surface area contributed by atoms with Gasteiger partial charge in [0, 0.05) is 26.5 Å². The van der Waals surface area contributed by atoms with Crippen LogP contribution in [0.3, 0.4) is 0 Å². The predicted octanol–water partition coefficient (Wildman–Crippen LogP) is 4.74. The quantitative estimate of drug-likeness (QED) is 0.503. The molecule has 0 aliphatic carbocycles. The summed E-state index contributed by atoms with van der Waals surface area (Å²) in [4.78, 5) is 12.4. The Hall–Kier alpha value is -2.57. The minimum absolute atomic E-state index is 0.469. The monoisotopic (exact) mass is 381 g/mol. The number of benzene rings is 1. The summed E-state index contributed by atoms with van der Waals surface area (Å²) in [7, 11) is 2.03. The normalized spacial score (nSPS) is 15.6. The summed E-state index contributed by atoms with van der Waals surface area (Å²) in [5.41, 5.74) is 6.05. The number of aromatic amines is 1. The molecule has 0 radical (unpaired) electrons. The van der Waals surface area contributed by atoms with Gasteiger partial charge in [-0.3, -0.25) is 0 Å². The molecule has 4 heterocycles. The molecule has 7 heteroatoms. The van der Waals surface area contributed by atoms with Gasteiger partial charge in [-0.25, -0.2) is 9.97 Å². The molecule has 27 heavy (non-hydrogen) atoms. The zero-order chi connectivity index (χ0) is 18.4. The molecule has 1 aliphatic rings. The largest absolute Gasteiger partial charge is 0.381 e. The first-order valence-corrected chi connectivity index (χ1v) is 9.51. The van der Waals surface area contributed by atoms with Crippen LogP contribution >= 0.6 is 11.6 Å². The second kappa shape index (κ2) is 6.55. The fourth-order valence-electron chi connectivity index (χ4n) is 3.79. The summed E-state index contributed by atoms with van der Waals surface area (Å²) in [5, 5.41) is 3.86. The van der Waals surface area contributed by atoms with Crippen LogP contribution in [0.2, 0.25) is 5.15 Å². The van der Waals surface area contributed by atoms with Gasteiger partial charge in [-0.2, -0.15) is 0 Å². The molecule has 0 spiro atoms. The van der Waals surface area contributed by atoms with E-state index < -0.39 is 0 Å². The van der Waals surface area contributed by atoms with Gasteiger partial charge in [0.2, 0.25) is 5.95 Å². The Morgan fingerprint density at radius 1 is 1.19 bits per heavy atom. The van der Waals surface area contributed by atoms with Crippen molar-refractivity contribution in [3.05, 3.63) is 47.2 Å². The van der Waals surface area contributed by atoms with Gasteiger partial charge in [0.1, 0.15) is 10.7 Å². The van der Waals surface area contributed by atoms with Crippen LogP contribution in [0.1, 0.15) is 24.3 Å². The second-order valence-electron chi connectivity index (χ2n) is 6.99. The van der Waals surface area contributed by atoms with Crippen molar-refractivity contribution in [2.75, 3.05) is 18.5 Å². The van der Waals surface area contributed by atoms with Gasteiger partial charge in [-0.1, -0.05) is 17.7 Å². The lowest BCUT2D eigenvalue weighted by Gasteiger charge is -2.22. The molecule has 0 atom stereocenters. The Labute approximate surface area is 161 Å². The lowest BCUT2D eigenvalue weighted by atomic mass is 9.91. The molecule has 0 bridgehead atoms. The van der Waals surface area contributed by atoms with Crippen molar-refractivity contribution in [2.45, 2.75) is 18.8 Å². The summed E-state index contributed by atoms with van der Waals surface area (Å²) in [6.07, 6.45) is 4.05. The van der Waals surface area contributed by atoms with Crippen LogP contribution in [-0.2, 0) is 11.8 Å². The molecule has 4 aromatic rings. The first-order chi connectivity index (χ1) is 13.2. The number of fused-ring (bicyclic) bond motifs is 2. The number of H-pyrrole nitrogens is 1. The van der Waals surface area contributed by atoms with Gasteiger partial charge in [-0.15, -0.1) is 0 Å². The van der Waals surface area contributed by atoms with E-state index in [1.165, 1.54) is 5.56 Å². The van der Waals surface area contributed by atoms with Gasteiger partial charge < -0.3 is 19.6 Å². The van der Waals surface area contributed by atoms with E-state index in [-0.39, 0.29) is 0 Å². The van der Waals surface area contributed by atoms with Gasteiger partial charge >= 0.3 is 0 Å². The van der Waals surface area contributed by atoms with Crippen molar-refractivity contribution < 1.29 is 4.74 Å². The number of hydrogen-bond donors (Lipinski definition) is 2. The summed E-state index contributed by atoms with van der Waals surface area (Å²) in [6.45, 7) is 1.69. The maximum Gasteiger partial charge on any atom is 0.208 e. The molecular weight excluding hydrogens is 362 g/mol. The van der Waals surface area contributed by atoms with Crippen molar-refractivity contribution >= 4 is 45.3 Å². The van der Waals surface area contributed by atoms with Gasteiger partial charge in [-0.05, 0) is 48.6 Å². The summed E-state index contributed by atoms with van der Waals surface area (Å²) < 4.78 is 7.58. The van der Waals surface area contributed by atoms with Crippen molar-refractivity contribution in [2.24, 2.45) is 7.05 Å². The third kappa shape index (κ3) is 2.95. The van der Waals surface area contributed by atoms with E-state index in [1.807, 2.05) is 19.3 Å². The summed E-state index contributed by atoms with van der Waals surface area (Å²) in [6, 6.07) is 10.3. The molecule has 1 aromatic carbocycles. The average Bonchev–Trinajstić information content (AvgIpc) is 3.23. The molecule has 2 N–H and O–H groups in total. The minimum Gasteiger partial charge on any atom is -0.381 e. The predicted molar refractivity (Wildman–Crippen MR) is 108 cm³/mol. The molecule has 3 aromatic heterocycles. The highest BCUT2D eigenvalue weighted by Gasteiger charge is 2.18. The number of nitrogens with one attached hydrogen (secondary N) is 2. The van der Waals surface area contributed by atoms with Gasteiger partial charge in [0.05, 0.1) is 22.2 Å². The molecule has 138 valence electrons. The van der Waals surface area contributed by atoms with Crippen molar-refractivity contribution in [1.82, 2.24) is 19.5 Å². The average molecular weight is 382 g/mol. The molecular formula is C20H20ClN5O. The van der Waals surface area contributed by atoms with Crippen molar-refractivity contribution in [3.63, 3.8) is 0 Å². The van der Waals surface area contributed by atoms with E-state index >= 15 is 0 Å². The smallest absolute Gasteiger partial charge is 0.208 e. The summed E-state index contributed by atoms with van der Waals surface area (Å²) >= 11 is 6.05. The maximum absolute atomic E-state index is 6.05. The van der Waals surface area contributed by atoms with Crippen LogP contribution in [0.4, 0.5) is 11.6 Å². The molecule has 5 rings (SSSR count). The Morgan fingerprint density at radius 2 is 2.04 bits per heavy atom. The van der Waals surface area contributed by atoms with Crippen LogP contribution in [0.5, 0.6) is 0 Å². The number of aryl methyl sites for hydroxylation is 1. The van der Waals surface area contributed by atoms with E-state index in [0.717, 1.165) is 59.8 Å². The number of hydrogen-bond acceptors (Lipinski definition) is 4. The van der Waals surface area contributed by atoms with E-state index in [4.69, 9.17) is 21.3 Å². The Kier molecular flexibility index (Phi) is 4.02. The van der Waals surface area contributed by atoms with Crippen LogP contribution in [0.15, 0.2) is 36.5 Å². The fraction of sp³-hybridized carbons (Fsp3) is 0.300. The Morgan fingerprint density at radius 3 is 2.89 bits per heavy atom. The number of aromatic nitrogens is 4. The lowest BCUT2D eigenvalue weighted by Crippen LogP contribution is -2.14. The Balaban J connectivity index is 1.51. The van der Waals surface area contributed by atoms with Crippen LogP contribution in [0.25, 0.3) is 22.1 Å². The molecule has 1 fully saturated rings. The van der Waals surface area contributed by atoms with Crippen LogP contribution in [-0.4, -0.2) is 32.7 Å². The molecule has 0 unspecified atom stereocenters. The maximum atomic E-state index is 6.05. The highest BCUT2D eigenvalue weighted by atomic mass is 35.5. The van der Waals surface area contributed by atoms with Crippen LogP contribution in [0, 0.1) is 0 Å². The number of anilines is 2. The fourth-order valence-corrected chi connectivity index (χ4v) is 3.94. The number of ether oxygens (including phenoxy) is 1. The topological polar surface area (TPSA) is 67.8 Å². The number of nitrogens with zero attached hydrogens (tertiary/aromatic N) is 3. The molecule has 1 aliphatic heterocycles. The third-order valence-electron chi connectivity index (χ3n) is 5.33. The van der Waals surface area contributed by atoms with E-state index in [9.17, 15) is 0 Å². The SMILES string of the molecule is Cn1c(Nc2c[nH]c3ccc(Cl)nc23)nc2ccc(C3CCOCC3)cc21. The zero-order valence-electron chi connectivity index (χ0n) is 15.0. The van der Waals surface area contributed by atoms with Crippen LogP contribution < -0.4 is 5.32 Å². The Bertz CT molecular complexity index is 1130. The van der Waals surface area contributed by atoms with Crippen molar-refractivity contribution in [1.29, 1.82) is 0 Å². The lowest BCUT2D eigenvalue weighted by molar-refractivity contribution is 0.0853. The first-order valence-electron chi connectivity index (χ1n) is 9.14.